The van der Waals surface area contributed by atoms with Gasteiger partial charge in [0.25, 0.3) is 0 Å². The van der Waals surface area contributed by atoms with Crippen molar-refractivity contribution in [3.63, 3.8) is 0 Å². The van der Waals surface area contributed by atoms with Crippen LogP contribution in [0.15, 0.2) is 41.8 Å². The molecular weight excluding hydrogens is 476 g/mol. The number of carbonyl (C=O) groups excluding carboxylic acids is 1. The van der Waals surface area contributed by atoms with Crippen molar-refractivity contribution >= 4 is 45.2 Å². The number of hydrogen-bond donors (Lipinski definition) is 3. The summed E-state index contributed by atoms with van der Waals surface area (Å²) in [6.07, 6.45) is 1.23. The average Bonchev–Trinajstić information content (AvgIpc) is 3.45. The Morgan fingerprint density at radius 3 is 2.65 bits per heavy atom. The maximum absolute atomic E-state index is 14.7. The average molecular weight is 500 g/mol. The molecule has 6 nitrogen and oxygen atoms in total. The van der Waals surface area contributed by atoms with Gasteiger partial charge in [-0.15, -0.1) is 11.3 Å². The van der Waals surface area contributed by atoms with Crippen molar-refractivity contribution in [3.8, 4) is 21.1 Å². The molecule has 2 heterocycles. The molecule has 10 heteroatoms. The number of benzene rings is 2. The SMILES string of the molecule is CCC(=O)Nc1nc(N)c(-c2nc(-c3cc(NCc4cccc(CC)c4)c(F)cc3F)cs2)s1. The van der Waals surface area contributed by atoms with E-state index in [1.807, 2.05) is 18.2 Å². The Kier molecular flexibility index (Phi) is 7.18. The number of nitrogens with zero attached hydrogens (tertiary/aromatic N) is 2. The molecule has 0 radical (unpaired) electrons. The number of anilines is 3. The fourth-order valence-corrected chi connectivity index (χ4v) is 5.11. The molecule has 4 aromatic rings. The number of thiazole rings is 2. The highest BCUT2D eigenvalue weighted by atomic mass is 32.1. The minimum atomic E-state index is -0.707. The summed E-state index contributed by atoms with van der Waals surface area (Å²) in [5.74, 6) is -1.32. The summed E-state index contributed by atoms with van der Waals surface area (Å²) in [7, 11) is 0. The van der Waals surface area contributed by atoms with Crippen LogP contribution < -0.4 is 16.4 Å². The topological polar surface area (TPSA) is 92.9 Å². The fraction of sp³-hybridized carbons (Fsp3) is 0.208. The molecular formula is C24H23F2N5OS2. The minimum absolute atomic E-state index is 0.171. The maximum Gasteiger partial charge on any atom is 0.225 e. The third-order valence-corrected chi connectivity index (χ3v) is 7.12. The number of nitrogens with two attached hydrogens (primary N) is 1. The van der Waals surface area contributed by atoms with Gasteiger partial charge in [0.1, 0.15) is 27.3 Å². The lowest BCUT2D eigenvalue weighted by atomic mass is 10.1. The first-order valence-corrected chi connectivity index (χ1v) is 12.4. The molecule has 0 spiro atoms. The van der Waals surface area contributed by atoms with E-state index in [-0.39, 0.29) is 23.0 Å². The van der Waals surface area contributed by atoms with E-state index in [0.717, 1.165) is 18.1 Å². The highest BCUT2D eigenvalue weighted by Gasteiger charge is 2.18. The van der Waals surface area contributed by atoms with E-state index in [4.69, 9.17) is 5.73 Å². The van der Waals surface area contributed by atoms with Crippen molar-refractivity contribution in [2.75, 3.05) is 16.4 Å². The summed E-state index contributed by atoms with van der Waals surface area (Å²) in [4.78, 5) is 20.9. The van der Waals surface area contributed by atoms with Crippen molar-refractivity contribution in [3.05, 3.63) is 64.5 Å². The molecule has 34 heavy (non-hydrogen) atoms. The van der Waals surface area contributed by atoms with Gasteiger partial charge in [-0.05, 0) is 23.6 Å². The second-order valence-corrected chi connectivity index (χ2v) is 9.37. The van der Waals surface area contributed by atoms with Crippen molar-refractivity contribution in [1.82, 2.24) is 9.97 Å². The van der Waals surface area contributed by atoms with E-state index in [9.17, 15) is 13.6 Å². The van der Waals surface area contributed by atoms with Gasteiger partial charge in [0.15, 0.2) is 5.13 Å². The zero-order valence-corrected chi connectivity index (χ0v) is 20.2. The lowest BCUT2D eigenvalue weighted by molar-refractivity contribution is -0.115. The lowest BCUT2D eigenvalue weighted by Crippen LogP contribution is -2.08. The third-order valence-electron chi connectivity index (χ3n) is 5.13. The Labute approximate surface area is 203 Å². The monoisotopic (exact) mass is 499 g/mol. The predicted molar refractivity (Wildman–Crippen MR) is 135 cm³/mol. The molecule has 2 aromatic carbocycles. The Morgan fingerprint density at radius 1 is 1.09 bits per heavy atom. The molecule has 0 aliphatic heterocycles. The number of aromatic nitrogens is 2. The molecule has 0 aliphatic rings. The van der Waals surface area contributed by atoms with Crippen molar-refractivity contribution < 1.29 is 13.6 Å². The van der Waals surface area contributed by atoms with Crippen LogP contribution in [-0.4, -0.2) is 15.9 Å². The van der Waals surface area contributed by atoms with E-state index in [1.165, 1.54) is 34.3 Å². The molecule has 0 unspecified atom stereocenters. The minimum Gasteiger partial charge on any atom is -0.382 e. The van der Waals surface area contributed by atoms with Crippen LogP contribution in [0.25, 0.3) is 21.1 Å². The van der Waals surface area contributed by atoms with Crippen LogP contribution in [-0.2, 0) is 17.8 Å². The smallest absolute Gasteiger partial charge is 0.225 e. The first-order valence-electron chi connectivity index (χ1n) is 10.7. The molecule has 0 atom stereocenters. The summed E-state index contributed by atoms with van der Waals surface area (Å²) >= 11 is 2.47. The van der Waals surface area contributed by atoms with Gasteiger partial charge < -0.3 is 16.4 Å². The lowest BCUT2D eigenvalue weighted by Gasteiger charge is -2.11. The first kappa shape index (κ1) is 23.8. The highest BCUT2D eigenvalue weighted by molar-refractivity contribution is 7.23. The largest absolute Gasteiger partial charge is 0.382 e. The van der Waals surface area contributed by atoms with Gasteiger partial charge in [-0.2, -0.15) is 0 Å². The van der Waals surface area contributed by atoms with E-state index >= 15 is 0 Å². The van der Waals surface area contributed by atoms with Gasteiger partial charge in [0.2, 0.25) is 5.91 Å². The summed E-state index contributed by atoms with van der Waals surface area (Å²) in [5, 5.41) is 8.33. The first-order chi connectivity index (χ1) is 16.4. The number of rotatable bonds is 8. The summed E-state index contributed by atoms with van der Waals surface area (Å²) < 4.78 is 29.1. The van der Waals surface area contributed by atoms with Gasteiger partial charge in [0, 0.05) is 30.0 Å². The van der Waals surface area contributed by atoms with Gasteiger partial charge in [0.05, 0.1) is 11.4 Å². The fourth-order valence-electron chi connectivity index (χ4n) is 3.29. The Balaban J connectivity index is 1.58. The molecule has 0 saturated heterocycles. The van der Waals surface area contributed by atoms with E-state index < -0.39 is 11.6 Å². The van der Waals surface area contributed by atoms with Gasteiger partial charge in [-0.3, -0.25) is 4.79 Å². The maximum atomic E-state index is 14.7. The van der Waals surface area contributed by atoms with Gasteiger partial charge in [-0.1, -0.05) is 49.4 Å². The van der Waals surface area contributed by atoms with Crippen LogP contribution in [0.2, 0.25) is 0 Å². The van der Waals surface area contributed by atoms with Crippen LogP contribution >= 0.6 is 22.7 Å². The molecule has 4 rings (SSSR count). The number of amides is 1. The summed E-state index contributed by atoms with van der Waals surface area (Å²) in [5.41, 5.74) is 8.93. The van der Waals surface area contributed by atoms with Gasteiger partial charge >= 0.3 is 0 Å². The second-order valence-electron chi connectivity index (χ2n) is 7.51. The normalized spacial score (nSPS) is 10.9. The Hall–Kier alpha value is -3.37. The van der Waals surface area contributed by atoms with Gasteiger partial charge in [-0.25, -0.2) is 18.7 Å². The standard InChI is InChI=1S/C24H23F2N5OS2/c1-3-13-6-5-7-14(8-13)11-28-18-9-15(16(25)10-17(18)26)19-12-33-23(29-19)21-22(27)31-24(34-21)30-20(32)4-2/h5-10,12,28H,3-4,11,27H2,1-2H3,(H,30,31,32). The van der Waals surface area contributed by atoms with Crippen LogP contribution in [0.5, 0.6) is 0 Å². The zero-order valence-electron chi connectivity index (χ0n) is 18.6. The summed E-state index contributed by atoms with van der Waals surface area (Å²) in [6, 6.07) is 10.3. The predicted octanol–water partition coefficient (Wildman–Crippen LogP) is 6.32. The number of aryl methyl sites for hydroxylation is 1. The Morgan fingerprint density at radius 2 is 1.88 bits per heavy atom. The second kappa shape index (κ2) is 10.3. The number of nitrogen functional groups attached to an aromatic ring is 1. The van der Waals surface area contributed by atoms with Crippen LogP contribution in [0.1, 0.15) is 31.4 Å². The number of nitrogens with one attached hydrogen (secondary N) is 2. The molecule has 0 aliphatic carbocycles. The quantitative estimate of drug-likeness (QED) is 0.264. The molecule has 0 fully saturated rings. The molecule has 1 amide bonds. The van der Waals surface area contributed by atoms with Crippen LogP contribution in [0.4, 0.5) is 25.4 Å². The van der Waals surface area contributed by atoms with E-state index in [0.29, 0.717) is 33.7 Å². The molecule has 4 N–H and O–H groups in total. The number of halogens is 2. The molecule has 2 aromatic heterocycles. The zero-order chi connectivity index (χ0) is 24.2. The van der Waals surface area contributed by atoms with Crippen molar-refractivity contribution in [2.45, 2.75) is 33.2 Å². The van der Waals surface area contributed by atoms with Crippen LogP contribution in [0, 0.1) is 11.6 Å². The van der Waals surface area contributed by atoms with Crippen molar-refractivity contribution in [2.24, 2.45) is 0 Å². The van der Waals surface area contributed by atoms with Crippen LogP contribution in [0.3, 0.4) is 0 Å². The van der Waals surface area contributed by atoms with E-state index in [2.05, 4.69) is 33.6 Å². The molecule has 0 saturated carbocycles. The Bertz CT molecular complexity index is 1330. The summed E-state index contributed by atoms with van der Waals surface area (Å²) in [6.45, 7) is 4.22. The van der Waals surface area contributed by atoms with Crippen molar-refractivity contribution in [1.29, 1.82) is 0 Å². The highest BCUT2D eigenvalue weighted by Crippen LogP contribution is 2.39. The number of carbonyl (C=O) groups is 1. The third kappa shape index (κ3) is 5.23. The number of hydrogen-bond acceptors (Lipinski definition) is 7. The molecule has 0 bridgehead atoms. The van der Waals surface area contributed by atoms with E-state index in [1.54, 1.807) is 12.3 Å². The molecule has 176 valence electrons.